The van der Waals surface area contributed by atoms with Crippen molar-refractivity contribution in [3.05, 3.63) is 179 Å². The van der Waals surface area contributed by atoms with Crippen LogP contribution in [0.5, 0.6) is 23.0 Å². The zero-order chi connectivity index (χ0) is 67.7. The molecule has 0 bridgehead atoms. The summed E-state index contributed by atoms with van der Waals surface area (Å²) in [4.78, 5) is 50.6. The average molecular weight is 1340 g/mol. The molecule has 2 saturated carbocycles. The number of methoxy groups -OCH3 is 4. The van der Waals surface area contributed by atoms with E-state index in [4.69, 9.17) is 18.9 Å². The SMILES string of the molecule is COc1ccc(NC(=O)c2c(-c3ccc(F)cc3)c(-c3ccc(F)c(F)c3)n(CC[C@@H](O)C[C@@H](O)CC(=O)[O-])c2C2CC2)c(OC)c1.COc1ccc(NC(=O)c2c(-c3ccc(F)cc3)c(-c3ccc(F)c(F)c3)n(CC[C@@H](O)C[C@@H](O)CC(=O)[O-])c2C2CC2)c(OC)c1.[Ca+2]. The second-order valence-corrected chi connectivity index (χ2v) is 22.9. The molecular formula is C70H68CaF6N4O14. The number of aliphatic carboxylic acids is 2. The van der Waals surface area contributed by atoms with Gasteiger partial charge >= 0.3 is 37.7 Å². The van der Waals surface area contributed by atoms with Gasteiger partial charge in [-0.3, -0.25) is 9.59 Å². The maximum Gasteiger partial charge on any atom is 2.00 e. The molecule has 6 N–H and O–H groups in total. The van der Waals surface area contributed by atoms with Gasteiger partial charge in [0.25, 0.3) is 11.8 Å². The van der Waals surface area contributed by atoms with Gasteiger partial charge in [-0.1, -0.05) is 24.3 Å². The largest absolute Gasteiger partial charge is 2.00 e. The minimum atomic E-state index is -1.46. The molecule has 0 spiro atoms. The number of aromatic nitrogens is 2. The third-order valence-electron chi connectivity index (χ3n) is 16.2. The van der Waals surface area contributed by atoms with Gasteiger partial charge in [0, 0.05) is 95.5 Å². The van der Waals surface area contributed by atoms with E-state index in [1.165, 1.54) is 89.1 Å². The van der Waals surface area contributed by atoms with E-state index >= 15 is 0 Å². The van der Waals surface area contributed by atoms with Gasteiger partial charge < -0.3 is 78.9 Å². The van der Waals surface area contributed by atoms with Crippen molar-refractivity contribution in [2.24, 2.45) is 0 Å². The van der Waals surface area contributed by atoms with Crippen molar-refractivity contribution in [3.63, 3.8) is 0 Å². The van der Waals surface area contributed by atoms with E-state index in [9.17, 15) is 76.2 Å². The molecule has 0 radical (unpaired) electrons. The molecule has 10 rings (SSSR count). The minimum Gasteiger partial charge on any atom is -0.550 e. The number of amides is 2. The smallest absolute Gasteiger partial charge is 0.550 e. The van der Waals surface area contributed by atoms with Crippen molar-refractivity contribution in [1.29, 1.82) is 0 Å². The van der Waals surface area contributed by atoms with Crippen LogP contribution >= 0.6 is 0 Å². The van der Waals surface area contributed by atoms with Crippen molar-refractivity contribution in [2.45, 2.75) is 114 Å². The number of rotatable bonds is 28. The molecule has 2 fully saturated rings. The van der Waals surface area contributed by atoms with Crippen molar-refractivity contribution in [1.82, 2.24) is 9.13 Å². The molecular weight excluding hydrogens is 1270 g/mol. The van der Waals surface area contributed by atoms with E-state index in [0.717, 1.165) is 49.9 Å². The van der Waals surface area contributed by atoms with Gasteiger partial charge in [-0.15, -0.1) is 0 Å². The van der Waals surface area contributed by atoms with Gasteiger partial charge in [-0.05, 0) is 147 Å². The summed E-state index contributed by atoms with van der Waals surface area (Å²) in [7, 11) is 5.87. The molecule has 496 valence electrons. The second kappa shape index (κ2) is 32.4. The number of carboxylic acids is 2. The van der Waals surface area contributed by atoms with Crippen LogP contribution in [0.25, 0.3) is 44.8 Å². The number of anilines is 2. The fourth-order valence-electron chi connectivity index (χ4n) is 11.6. The predicted octanol–water partition coefficient (Wildman–Crippen LogP) is 9.68. The summed E-state index contributed by atoms with van der Waals surface area (Å²) in [5.41, 5.74) is 4.98. The number of aliphatic hydroxyl groups excluding tert-OH is 4. The van der Waals surface area contributed by atoms with Gasteiger partial charge in [0.05, 0.1) is 86.7 Å². The van der Waals surface area contributed by atoms with Crippen LogP contribution in [0.1, 0.15) is 108 Å². The first-order chi connectivity index (χ1) is 45.0. The fourth-order valence-corrected chi connectivity index (χ4v) is 11.6. The van der Waals surface area contributed by atoms with Gasteiger partial charge in [0.2, 0.25) is 0 Å². The van der Waals surface area contributed by atoms with Crippen LogP contribution < -0.4 is 39.8 Å². The van der Waals surface area contributed by atoms with E-state index < -0.39 is 95.9 Å². The van der Waals surface area contributed by atoms with Crippen LogP contribution in [-0.4, -0.2) is 144 Å². The molecule has 0 aliphatic heterocycles. The number of carbonyl (C=O) groups excluding carboxylic acids is 4. The fraction of sp³-hybridized carbons (Fsp3) is 0.314. The van der Waals surface area contributed by atoms with E-state index in [2.05, 4.69) is 10.6 Å². The van der Waals surface area contributed by atoms with Crippen LogP contribution in [0.2, 0.25) is 0 Å². The van der Waals surface area contributed by atoms with Crippen LogP contribution in [0, 0.1) is 34.9 Å². The monoisotopic (exact) mass is 1340 g/mol. The Hall–Kier alpha value is -8.36. The standard InChI is InChI=1S/2C35H35F3N2O7.Ca/c2*1-46-25-10-12-28(29(18-25)47-2)39-35(45)32-31(19-5-8-22(36)9-6-19)34(21-7-11-26(37)27(38)15-21)40(33(32)20-3-4-20)14-13-23(41)16-24(42)17-30(43)44;/h2*5-12,15,18,20,23-24,41-42H,3-4,13-14,16-17H2,1-2H3,(H,39,45)(H,43,44);/q;;+2/p-2/t2*23-,24-;/m11./s1. The number of nitrogens with zero attached hydrogens (tertiary/aromatic N) is 2. The summed E-state index contributed by atoms with van der Waals surface area (Å²) in [5.74, 6) is -7.96. The zero-order valence-electron chi connectivity index (χ0n) is 52.2. The summed E-state index contributed by atoms with van der Waals surface area (Å²) in [6.45, 7) is 0.124. The maximum atomic E-state index is 14.8. The van der Waals surface area contributed by atoms with Crippen LogP contribution in [0.15, 0.2) is 121 Å². The van der Waals surface area contributed by atoms with Crippen LogP contribution in [-0.2, 0) is 22.7 Å². The Morgan fingerprint density at radius 1 is 0.474 bits per heavy atom. The van der Waals surface area contributed by atoms with Gasteiger partial charge in [-0.2, -0.15) is 0 Å². The molecule has 4 atom stereocenters. The minimum absolute atomic E-state index is 0. The molecule has 25 heteroatoms. The third kappa shape index (κ3) is 17.8. The van der Waals surface area contributed by atoms with E-state index in [0.29, 0.717) is 79.4 Å². The summed E-state index contributed by atoms with van der Waals surface area (Å²) in [5, 5.41) is 69.3. The third-order valence-corrected chi connectivity index (χ3v) is 16.2. The Balaban J connectivity index is 0.000000241. The van der Waals surface area contributed by atoms with E-state index in [1.807, 2.05) is 0 Å². The Bertz CT molecular complexity index is 3810. The molecule has 18 nitrogen and oxygen atoms in total. The first kappa shape index (κ1) is 72.5. The Kier molecular flexibility index (Phi) is 24.7. The predicted molar refractivity (Wildman–Crippen MR) is 337 cm³/mol. The molecule has 2 heterocycles. The number of carbonyl (C=O) groups is 4. The Labute approximate surface area is 572 Å². The number of hydrogen-bond acceptors (Lipinski definition) is 14. The average Bonchev–Trinajstić information content (AvgIpc) is 1.58. The molecule has 8 aromatic rings. The molecule has 2 aliphatic carbocycles. The summed E-state index contributed by atoms with van der Waals surface area (Å²) in [6.07, 6.45) is -3.83. The molecule has 95 heavy (non-hydrogen) atoms. The van der Waals surface area contributed by atoms with Gasteiger partial charge in [0.15, 0.2) is 23.3 Å². The number of benzene rings is 6. The number of nitrogens with one attached hydrogen (secondary N) is 2. The number of hydrogen-bond donors (Lipinski definition) is 6. The quantitative estimate of drug-likeness (QED) is 0.0197. The first-order valence-electron chi connectivity index (χ1n) is 30.1. The zero-order valence-corrected chi connectivity index (χ0v) is 54.4. The molecule has 2 aliphatic rings. The topological polar surface area (TPSA) is 266 Å². The molecule has 0 saturated heterocycles. The second-order valence-electron chi connectivity index (χ2n) is 22.9. The summed E-state index contributed by atoms with van der Waals surface area (Å²) < 4.78 is 111. The molecule has 6 aromatic carbocycles. The van der Waals surface area contributed by atoms with Crippen LogP contribution in [0.3, 0.4) is 0 Å². The summed E-state index contributed by atoms with van der Waals surface area (Å²) >= 11 is 0. The Morgan fingerprint density at radius 3 is 1.13 bits per heavy atom. The number of halogens is 6. The number of aliphatic hydroxyl groups is 4. The molecule has 2 aromatic heterocycles. The van der Waals surface area contributed by atoms with Gasteiger partial charge in [0.1, 0.15) is 34.6 Å². The Morgan fingerprint density at radius 2 is 0.821 bits per heavy atom. The van der Waals surface area contributed by atoms with E-state index in [-0.39, 0.29) is 111 Å². The molecule has 0 unspecified atom stereocenters. The van der Waals surface area contributed by atoms with Crippen molar-refractivity contribution in [2.75, 3.05) is 39.1 Å². The van der Waals surface area contributed by atoms with Crippen molar-refractivity contribution >= 4 is 72.9 Å². The first-order valence-corrected chi connectivity index (χ1v) is 30.1. The van der Waals surface area contributed by atoms with Crippen molar-refractivity contribution < 1.29 is 95.1 Å². The van der Waals surface area contributed by atoms with E-state index in [1.54, 1.807) is 45.5 Å². The number of carboxylic acid groups (broad SMARTS) is 2. The van der Waals surface area contributed by atoms with Crippen LogP contribution in [0.4, 0.5) is 37.7 Å². The van der Waals surface area contributed by atoms with Gasteiger partial charge in [-0.25, -0.2) is 26.3 Å². The van der Waals surface area contributed by atoms with Crippen molar-refractivity contribution in [3.8, 4) is 67.8 Å². The summed E-state index contributed by atoms with van der Waals surface area (Å²) in [6, 6.07) is 27.4. The normalized spacial score (nSPS) is 13.9. The molecule has 2 amide bonds. The maximum absolute atomic E-state index is 14.8. The number of ether oxygens (including phenoxy) is 4.